The number of hydrogen-bond acceptors (Lipinski definition) is 2. The van der Waals surface area contributed by atoms with Crippen LogP contribution in [-0.4, -0.2) is 29.1 Å². The van der Waals surface area contributed by atoms with Crippen LogP contribution in [0.25, 0.3) is 6.08 Å². The van der Waals surface area contributed by atoms with Crippen LogP contribution in [0.15, 0.2) is 30.8 Å². The third kappa shape index (κ3) is 5.55. The molecule has 0 amide bonds. The highest BCUT2D eigenvalue weighted by Crippen LogP contribution is 2.25. The van der Waals surface area contributed by atoms with Gasteiger partial charge in [0, 0.05) is 23.2 Å². The standard InChI is InChI=1S/C19H31NO/c1-8-16-12-9-10-13-17(16)21-15-11-14-20(18(2,3)4)19(5,6)7/h8-10,12-13H,1,11,14-15H2,2-7H3. The molecule has 21 heavy (non-hydrogen) atoms. The van der Waals surface area contributed by atoms with Crippen molar-refractivity contribution in [2.45, 2.75) is 59.0 Å². The maximum absolute atomic E-state index is 5.91. The van der Waals surface area contributed by atoms with Gasteiger partial charge in [-0.2, -0.15) is 0 Å². The number of ether oxygens (including phenoxy) is 1. The van der Waals surface area contributed by atoms with E-state index in [2.05, 4.69) is 53.0 Å². The van der Waals surface area contributed by atoms with Gasteiger partial charge in [-0.15, -0.1) is 0 Å². The van der Waals surface area contributed by atoms with E-state index in [1.807, 2.05) is 30.3 Å². The first-order chi connectivity index (χ1) is 9.66. The molecule has 0 radical (unpaired) electrons. The third-order valence-electron chi connectivity index (χ3n) is 3.54. The maximum atomic E-state index is 5.91. The minimum atomic E-state index is 0.164. The molecule has 0 spiro atoms. The lowest BCUT2D eigenvalue weighted by molar-refractivity contribution is 0.0337. The van der Waals surface area contributed by atoms with E-state index in [-0.39, 0.29) is 11.1 Å². The molecule has 1 aromatic carbocycles. The van der Waals surface area contributed by atoms with Crippen LogP contribution in [0.5, 0.6) is 5.75 Å². The van der Waals surface area contributed by atoms with E-state index in [9.17, 15) is 0 Å². The SMILES string of the molecule is C=Cc1ccccc1OCCCN(C(C)(C)C)C(C)(C)C. The van der Waals surface area contributed by atoms with E-state index in [1.165, 1.54) is 0 Å². The topological polar surface area (TPSA) is 12.5 Å². The normalized spacial score (nSPS) is 12.5. The minimum Gasteiger partial charge on any atom is -0.493 e. The fraction of sp³-hybridized carbons (Fsp3) is 0.579. The average molecular weight is 289 g/mol. The zero-order valence-electron chi connectivity index (χ0n) is 14.6. The van der Waals surface area contributed by atoms with E-state index >= 15 is 0 Å². The van der Waals surface area contributed by atoms with Crippen molar-refractivity contribution in [3.63, 3.8) is 0 Å². The number of rotatable bonds is 6. The predicted octanol–water partition coefficient (Wildman–Crippen LogP) is 5.00. The molecule has 0 heterocycles. The molecule has 2 nitrogen and oxygen atoms in total. The van der Waals surface area contributed by atoms with Gasteiger partial charge in [0.2, 0.25) is 0 Å². The van der Waals surface area contributed by atoms with Gasteiger partial charge in [0.1, 0.15) is 5.75 Å². The van der Waals surface area contributed by atoms with Crippen LogP contribution in [0.2, 0.25) is 0 Å². The van der Waals surface area contributed by atoms with Gasteiger partial charge in [0.15, 0.2) is 0 Å². The van der Waals surface area contributed by atoms with E-state index in [0.29, 0.717) is 0 Å². The van der Waals surface area contributed by atoms with Crippen molar-refractivity contribution in [1.82, 2.24) is 4.90 Å². The zero-order chi connectivity index (χ0) is 16.1. The summed E-state index contributed by atoms with van der Waals surface area (Å²) in [5.41, 5.74) is 1.38. The Morgan fingerprint density at radius 2 is 1.62 bits per heavy atom. The first-order valence-electron chi connectivity index (χ1n) is 7.78. The summed E-state index contributed by atoms with van der Waals surface area (Å²) < 4.78 is 5.91. The van der Waals surface area contributed by atoms with E-state index in [4.69, 9.17) is 4.74 Å². The quantitative estimate of drug-likeness (QED) is 0.683. The van der Waals surface area contributed by atoms with Gasteiger partial charge < -0.3 is 4.74 Å². The second-order valence-corrected chi connectivity index (χ2v) is 7.44. The zero-order valence-corrected chi connectivity index (χ0v) is 14.6. The molecule has 0 fully saturated rings. The van der Waals surface area contributed by atoms with Crippen molar-refractivity contribution in [1.29, 1.82) is 0 Å². The first kappa shape index (κ1) is 17.8. The summed E-state index contributed by atoms with van der Waals surface area (Å²) in [6, 6.07) is 8.03. The highest BCUT2D eigenvalue weighted by molar-refractivity contribution is 5.55. The van der Waals surface area contributed by atoms with Crippen molar-refractivity contribution in [2.75, 3.05) is 13.2 Å². The Balaban J connectivity index is 2.54. The molecule has 1 rings (SSSR count). The number of benzene rings is 1. The smallest absolute Gasteiger partial charge is 0.126 e. The van der Waals surface area contributed by atoms with Crippen LogP contribution in [-0.2, 0) is 0 Å². The lowest BCUT2D eigenvalue weighted by atomic mass is 9.96. The lowest BCUT2D eigenvalue weighted by Gasteiger charge is -2.45. The fourth-order valence-electron chi connectivity index (χ4n) is 2.86. The van der Waals surface area contributed by atoms with Crippen LogP contribution in [0, 0.1) is 0 Å². The van der Waals surface area contributed by atoms with Gasteiger partial charge in [-0.05, 0) is 54.0 Å². The summed E-state index contributed by atoms with van der Waals surface area (Å²) in [5.74, 6) is 0.922. The van der Waals surface area contributed by atoms with E-state index in [1.54, 1.807) is 0 Å². The number of hydrogen-bond donors (Lipinski definition) is 0. The molecule has 0 unspecified atom stereocenters. The van der Waals surface area contributed by atoms with Crippen LogP contribution >= 0.6 is 0 Å². The molecular formula is C19H31NO. The van der Waals surface area contributed by atoms with Crippen LogP contribution in [0.4, 0.5) is 0 Å². The number of para-hydroxylation sites is 1. The molecular weight excluding hydrogens is 258 g/mol. The molecule has 0 aliphatic rings. The second-order valence-electron chi connectivity index (χ2n) is 7.44. The molecule has 0 N–H and O–H groups in total. The Morgan fingerprint density at radius 3 is 2.14 bits per heavy atom. The van der Waals surface area contributed by atoms with Crippen molar-refractivity contribution >= 4 is 6.08 Å². The summed E-state index contributed by atoms with van der Waals surface area (Å²) in [5, 5.41) is 0. The molecule has 2 heteroatoms. The first-order valence-corrected chi connectivity index (χ1v) is 7.78. The molecule has 0 saturated heterocycles. The fourth-order valence-corrected chi connectivity index (χ4v) is 2.86. The van der Waals surface area contributed by atoms with Crippen molar-refractivity contribution in [3.8, 4) is 5.75 Å². The van der Waals surface area contributed by atoms with Crippen molar-refractivity contribution < 1.29 is 4.74 Å². The van der Waals surface area contributed by atoms with Crippen molar-refractivity contribution in [3.05, 3.63) is 36.4 Å². The summed E-state index contributed by atoms with van der Waals surface area (Å²) >= 11 is 0. The number of nitrogens with zero attached hydrogens (tertiary/aromatic N) is 1. The van der Waals surface area contributed by atoms with Gasteiger partial charge in [-0.3, -0.25) is 4.90 Å². The Hall–Kier alpha value is -1.28. The van der Waals surface area contributed by atoms with Crippen LogP contribution in [0.3, 0.4) is 0 Å². The van der Waals surface area contributed by atoms with Crippen LogP contribution < -0.4 is 4.74 Å². The summed E-state index contributed by atoms with van der Waals surface area (Å²) in [6.45, 7) is 19.2. The van der Waals surface area contributed by atoms with E-state index < -0.39 is 0 Å². The lowest BCUT2D eigenvalue weighted by Crippen LogP contribution is -2.53. The molecule has 0 bridgehead atoms. The van der Waals surface area contributed by atoms with Gasteiger partial charge >= 0.3 is 0 Å². The Morgan fingerprint density at radius 1 is 1.05 bits per heavy atom. The molecule has 0 aromatic heterocycles. The molecule has 118 valence electrons. The van der Waals surface area contributed by atoms with Gasteiger partial charge in [0.25, 0.3) is 0 Å². The van der Waals surface area contributed by atoms with E-state index in [0.717, 1.165) is 30.9 Å². The summed E-state index contributed by atoms with van der Waals surface area (Å²) in [6.07, 6.45) is 2.85. The predicted molar refractivity (Wildman–Crippen MR) is 92.9 cm³/mol. The van der Waals surface area contributed by atoms with Gasteiger partial charge in [-0.1, -0.05) is 30.9 Å². The second kappa shape index (κ2) is 7.13. The monoisotopic (exact) mass is 289 g/mol. The third-order valence-corrected chi connectivity index (χ3v) is 3.54. The summed E-state index contributed by atoms with van der Waals surface area (Å²) in [7, 11) is 0. The Bertz CT molecular complexity index is 437. The average Bonchev–Trinajstić information content (AvgIpc) is 2.35. The molecule has 1 aromatic rings. The van der Waals surface area contributed by atoms with Gasteiger partial charge in [0.05, 0.1) is 6.61 Å². The van der Waals surface area contributed by atoms with Crippen molar-refractivity contribution in [2.24, 2.45) is 0 Å². The highest BCUT2D eigenvalue weighted by Gasteiger charge is 2.30. The molecule has 0 aliphatic carbocycles. The Kier molecular flexibility index (Phi) is 6.03. The Labute approximate surface area is 130 Å². The highest BCUT2D eigenvalue weighted by atomic mass is 16.5. The minimum absolute atomic E-state index is 0.164. The maximum Gasteiger partial charge on any atom is 0.126 e. The largest absolute Gasteiger partial charge is 0.493 e. The summed E-state index contributed by atoms with van der Waals surface area (Å²) in [4.78, 5) is 2.53. The molecule has 0 saturated carbocycles. The van der Waals surface area contributed by atoms with Gasteiger partial charge in [-0.25, -0.2) is 0 Å². The molecule has 0 atom stereocenters. The molecule has 0 aliphatic heterocycles. The van der Waals surface area contributed by atoms with Crippen LogP contribution in [0.1, 0.15) is 53.5 Å².